The highest BCUT2D eigenvalue weighted by Crippen LogP contribution is 2.36. The van der Waals surface area contributed by atoms with Gasteiger partial charge in [0, 0.05) is 18.8 Å². The summed E-state index contributed by atoms with van der Waals surface area (Å²) in [5.41, 5.74) is 2.62. The minimum Gasteiger partial charge on any atom is -0.378 e. The number of benzene rings is 1. The molecule has 6 heteroatoms. The molecule has 1 aromatic heterocycles. The Hall–Kier alpha value is -1.72. The molecule has 0 saturated carbocycles. The van der Waals surface area contributed by atoms with Gasteiger partial charge in [-0.15, -0.1) is 0 Å². The molecule has 1 aliphatic rings. The third-order valence-corrected chi connectivity index (χ3v) is 4.01. The third kappa shape index (κ3) is 2.91. The van der Waals surface area contributed by atoms with Crippen LogP contribution in [0.2, 0.25) is 5.15 Å². The Morgan fingerprint density at radius 2 is 2.18 bits per heavy atom. The highest BCUT2D eigenvalue weighted by atomic mass is 35.5. The van der Waals surface area contributed by atoms with Gasteiger partial charge in [-0.3, -0.25) is 0 Å². The molecule has 0 fully saturated rings. The molecule has 1 aromatic carbocycles. The van der Waals surface area contributed by atoms with E-state index in [0.717, 1.165) is 29.8 Å². The molecular formula is C16H17ClFN3O. The van der Waals surface area contributed by atoms with Crippen molar-refractivity contribution in [3.05, 3.63) is 46.5 Å². The largest absolute Gasteiger partial charge is 0.378 e. The van der Waals surface area contributed by atoms with Crippen molar-refractivity contribution in [3.8, 4) is 0 Å². The maximum Gasteiger partial charge on any atom is 0.231 e. The first-order chi connectivity index (χ1) is 10.6. The number of hydrogen-bond donors (Lipinski definition) is 0. The van der Waals surface area contributed by atoms with Crippen molar-refractivity contribution < 1.29 is 9.13 Å². The van der Waals surface area contributed by atoms with Crippen LogP contribution >= 0.6 is 11.6 Å². The molecule has 0 radical (unpaired) electrons. The lowest BCUT2D eigenvalue weighted by Gasteiger charge is -2.35. The number of aromatic nitrogens is 2. The van der Waals surface area contributed by atoms with Gasteiger partial charge in [-0.1, -0.05) is 11.6 Å². The number of hydrogen-bond acceptors (Lipinski definition) is 4. The molecule has 0 amide bonds. The summed E-state index contributed by atoms with van der Waals surface area (Å²) in [5.74, 6) is 0.306. The Bertz CT molecular complexity index is 695. The van der Waals surface area contributed by atoms with Crippen molar-refractivity contribution in [1.82, 2.24) is 9.97 Å². The highest BCUT2D eigenvalue weighted by Gasteiger charge is 2.27. The average Bonchev–Trinajstić information content (AvgIpc) is 2.47. The summed E-state index contributed by atoms with van der Waals surface area (Å²) in [6, 6.07) is 6.72. The predicted molar refractivity (Wildman–Crippen MR) is 84.1 cm³/mol. The smallest absolute Gasteiger partial charge is 0.231 e. The third-order valence-electron chi connectivity index (χ3n) is 3.82. The molecule has 116 valence electrons. The van der Waals surface area contributed by atoms with Crippen LogP contribution in [0.4, 0.5) is 16.0 Å². The summed E-state index contributed by atoms with van der Waals surface area (Å²) in [7, 11) is 1.61. The van der Waals surface area contributed by atoms with E-state index < -0.39 is 0 Å². The summed E-state index contributed by atoms with van der Waals surface area (Å²) in [6.45, 7) is 2.47. The van der Waals surface area contributed by atoms with Gasteiger partial charge in [-0.2, -0.15) is 0 Å². The first-order valence-electron chi connectivity index (χ1n) is 7.18. The zero-order valence-electron chi connectivity index (χ0n) is 12.5. The van der Waals surface area contributed by atoms with E-state index in [1.807, 2.05) is 4.90 Å². The second-order valence-electron chi connectivity index (χ2n) is 5.45. The average molecular weight is 322 g/mol. The second-order valence-corrected chi connectivity index (χ2v) is 5.83. The fourth-order valence-corrected chi connectivity index (χ4v) is 3.01. The van der Waals surface area contributed by atoms with Crippen LogP contribution in [0.15, 0.2) is 24.3 Å². The van der Waals surface area contributed by atoms with Crippen LogP contribution in [0, 0.1) is 5.82 Å². The van der Waals surface area contributed by atoms with Gasteiger partial charge >= 0.3 is 0 Å². The van der Waals surface area contributed by atoms with E-state index in [4.69, 9.17) is 16.3 Å². The molecule has 0 aliphatic carbocycles. The Morgan fingerprint density at radius 1 is 1.36 bits per heavy atom. The van der Waals surface area contributed by atoms with E-state index in [9.17, 15) is 4.39 Å². The van der Waals surface area contributed by atoms with Gasteiger partial charge < -0.3 is 9.64 Å². The number of halogens is 2. The topological polar surface area (TPSA) is 38.2 Å². The van der Waals surface area contributed by atoms with Crippen LogP contribution in [-0.2, 0) is 17.8 Å². The first-order valence-corrected chi connectivity index (χ1v) is 7.56. The molecule has 0 N–H and O–H groups in total. The molecule has 0 bridgehead atoms. The fraction of sp³-hybridized carbons (Fsp3) is 0.375. The van der Waals surface area contributed by atoms with Crippen molar-refractivity contribution in [1.29, 1.82) is 0 Å². The minimum absolute atomic E-state index is 0.215. The minimum atomic E-state index is -0.222. The van der Waals surface area contributed by atoms with Crippen LogP contribution in [0.1, 0.15) is 24.6 Å². The van der Waals surface area contributed by atoms with E-state index in [1.54, 1.807) is 25.3 Å². The molecule has 22 heavy (non-hydrogen) atoms. The van der Waals surface area contributed by atoms with Crippen molar-refractivity contribution >= 4 is 23.2 Å². The zero-order chi connectivity index (χ0) is 15.7. The molecule has 4 nitrogen and oxygen atoms in total. The number of aryl methyl sites for hydroxylation is 1. The van der Waals surface area contributed by atoms with Gasteiger partial charge in [0.15, 0.2) is 0 Å². The standard InChI is InChI=1S/C16H17ClFN3O/c1-10-3-4-11-7-12(18)5-6-14(11)21(10)16-19-13(9-22-2)8-15(17)20-16/h5-8,10H,3-4,9H2,1-2H3. The molecule has 1 aliphatic heterocycles. The predicted octanol–water partition coefficient (Wildman–Crippen LogP) is 3.89. The second kappa shape index (κ2) is 6.18. The lowest BCUT2D eigenvalue weighted by molar-refractivity contribution is 0.181. The summed E-state index contributed by atoms with van der Waals surface area (Å²) >= 11 is 6.11. The maximum absolute atomic E-state index is 13.5. The number of methoxy groups -OCH3 is 1. The number of nitrogens with zero attached hydrogens (tertiary/aromatic N) is 3. The van der Waals surface area contributed by atoms with Gasteiger partial charge in [-0.05, 0) is 49.6 Å². The molecular weight excluding hydrogens is 305 g/mol. The summed E-state index contributed by atoms with van der Waals surface area (Å²) in [4.78, 5) is 10.9. The van der Waals surface area contributed by atoms with Gasteiger partial charge in [0.05, 0.1) is 12.3 Å². The van der Waals surface area contributed by atoms with Gasteiger partial charge in [0.1, 0.15) is 11.0 Å². The maximum atomic E-state index is 13.5. The molecule has 1 unspecified atom stereocenters. The number of fused-ring (bicyclic) bond motifs is 1. The van der Waals surface area contributed by atoms with E-state index in [2.05, 4.69) is 16.9 Å². The van der Waals surface area contributed by atoms with Crippen molar-refractivity contribution in [2.45, 2.75) is 32.4 Å². The van der Waals surface area contributed by atoms with Gasteiger partial charge in [0.2, 0.25) is 5.95 Å². The lowest BCUT2D eigenvalue weighted by atomic mass is 9.97. The monoisotopic (exact) mass is 321 g/mol. The zero-order valence-corrected chi connectivity index (χ0v) is 13.3. The first kappa shape index (κ1) is 15.2. The van der Waals surface area contributed by atoms with Crippen molar-refractivity contribution in [3.63, 3.8) is 0 Å². The fourth-order valence-electron chi connectivity index (χ4n) is 2.81. The molecule has 0 spiro atoms. The molecule has 2 aromatic rings. The highest BCUT2D eigenvalue weighted by molar-refractivity contribution is 6.29. The van der Waals surface area contributed by atoms with Crippen LogP contribution in [0.25, 0.3) is 0 Å². The molecule has 1 atom stereocenters. The van der Waals surface area contributed by atoms with Crippen molar-refractivity contribution in [2.75, 3.05) is 12.0 Å². The normalized spacial score (nSPS) is 17.5. The Morgan fingerprint density at radius 3 is 2.95 bits per heavy atom. The molecule has 2 heterocycles. The van der Waals surface area contributed by atoms with Crippen molar-refractivity contribution in [2.24, 2.45) is 0 Å². The Labute approximate surface area is 133 Å². The van der Waals surface area contributed by atoms with E-state index >= 15 is 0 Å². The SMILES string of the molecule is COCc1cc(Cl)nc(N2c3ccc(F)cc3CCC2C)n1. The number of ether oxygens (including phenoxy) is 1. The van der Waals surface area contributed by atoms with Crippen LogP contribution in [0.5, 0.6) is 0 Å². The summed E-state index contributed by atoms with van der Waals surface area (Å²) in [6.07, 6.45) is 1.75. The Balaban J connectivity index is 2.07. The quantitative estimate of drug-likeness (QED) is 0.804. The number of rotatable bonds is 3. The Kier molecular flexibility index (Phi) is 4.27. The van der Waals surface area contributed by atoms with E-state index in [-0.39, 0.29) is 11.9 Å². The number of anilines is 2. The van der Waals surface area contributed by atoms with E-state index in [0.29, 0.717) is 17.7 Å². The van der Waals surface area contributed by atoms with Gasteiger partial charge in [-0.25, -0.2) is 14.4 Å². The van der Waals surface area contributed by atoms with Crippen LogP contribution in [0.3, 0.4) is 0 Å². The van der Waals surface area contributed by atoms with E-state index in [1.165, 1.54) is 6.07 Å². The van der Waals surface area contributed by atoms with Crippen LogP contribution in [-0.4, -0.2) is 23.1 Å². The summed E-state index contributed by atoms with van der Waals surface area (Å²) < 4.78 is 18.6. The van der Waals surface area contributed by atoms with Gasteiger partial charge in [0.25, 0.3) is 0 Å². The summed E-state index contributed by atoms with van der Waals surface area (Å²) in [5, 5.41) is 0.374. The van der Waals surface area contributed by atoms with Crippen LogP contribution < -0.4 is 4.90 Å². The molecule has 3 rings (SSSR count). The lowest BCUT2D eigenvalue weighted by Crippen LogP contribution is -2.34. The molecule has 0 saturated heterocycles.